The van der Waals surface area contributed by atoms with Crippen molar-refractivity contribution in [3.63, 3.8) is 0 Å². The van der Waals surface area contributed by atoms with Crippen molar-refractivity contribution in [3.8, 4) is 5.75 Å². The summed E-state index contributed by atoms with van der Waals surface area (Å²) >= 11 is 11.0. The number of carbonyl (C=O) groups is 1. The molecule has 0 unspecified atom stereocenters. The van der Waals surface area contributed by atoms with Crippen LogP contribution in [0.3, 0.4) is 0 Å². The van der Waals surface area contributed by atoms with E-state index in [1.807, 2.05) is 0 Å². The van der Waals surface area contributed by atoms with Crippen molar-refractivity contribution in [1.29, 1.82) is 5.41 Å². The van der Waals surface area contributed by atoms with Gasteiger partial charge in [-0.05, 0) is 44.0 Å². The first-order chi connectivity index (χ1) is 11.7. The molecule has 3 N–H and O–H groups in total. The van der Waals surface area contributed by atoms with E-state index in [0.29, 0.717) is 0 Å². The fourth-order valence-electron chi connectivity index (χ4n) is 2.66. The van der Waals surface area contributed by atoms with Crippen LogP contribution in [-0.4, -0.2) is 22.8 Å². The van der Waals surface area contributed by atoms with Crippen LogP contribution in [-0.2, 0) is 4.79 Å². The highest BCUT2D eigenvalue weighted by Crippen LogP contribution is 2.35. The highest BCUT2D eigenvalue weighted by atomic mass is 35.5. The minimum atomic E-state index is -0.768. The molecule has 1 amide bonds. The normalized spacial score (nSPS) is 14.6. The van der Waals surface area contributed by atoms with Crippen LogP contribution in [0.4, 0.5) is 10.1 Å². The summed E-state index contributed by atoms with van der Waals surface area (Å²) in [4.78, 5) is 13.3. The molecule has 1 aliphatic rings. The second-order valence-corrected chi connectivity index (χ2v) is 7.13. The monoisotopic (exact) mass is 385 g/mol. The molecule has 8 heteroatoms. The molecule has 0 spiro atoms. The van der Waals surface area contributed by atoms with Crippen LogP contribution in [0.1, 0.15) is 39.5 Å². The van der Waals surface area contributed by atoms with Gasteiger partial charge >= 0.3 is 0 Å². The number of nitrogens with zero attached hydrogens (tertiary/aromatic N) is 1. The minimum Gasteiger partial charge on any atom is -0.489 e. The van der Waals surface area contributed by atoms with Gasteiger partial charge in [0.15, 0.2) is 5.11 Å². The van der Waals surface area contributed by atoms with Gasteiger partial charge in [-0.15, -0.1) is 0 Å². The van der Waals surface area contributed by atoms with E-state index in [0.717, 1.165) is 36.6 Å². The lowest BCUT2D eigenvalue weighted by atomic mass is 10.1. The van der Waals surface area contributed by atoms with Gasteiger partial charge in [0.1, 0.15) is 11.6 Å². The average molecular weight is 386 g/mol. The number of benzene rings is 1. The lowest BCUT2D eigenvalue weighted by Gasteiger charge is -2.24. The number of nitrogens with one attached hydrogen (secondary N) is 1. The molecule has 0 heterocycles. The molecule has 0 aliphatic heterocycles. The topological polar surface area (TPSA) is 79.4 Å². The molecule has 0 aromatic heterocycles. The van der Waals surface area contributed by atoms with Crippen molar-refractivity contribution in [1.82, 2.24) is 0 Å². The molecular weight excluding hydrogens is 365 g/mol. The van der Waals surface area contributed by atoms with Crippen LogP contribution in [0, 0.1) is 17.1 Å². The maximum atomic E-state index is 14.5. The highest BCUT2D eigenvalue weighted by molar-refractivity contribution is 7.80. The molecular formula is C17H21ClFN3O2S. The lowest BCUT2D eigenvalue weighted by molar-refractivity contribution is -0.112. The fraction of sp³-hybridized carbons (Fsp3) is 0.471. The number of thiocarbonyl (C=S) groups is 1. The molecule has 2 rings (SSSR count). The summed E-state index contributed by atoms with van der Waals surface area (Å²) in [5.74, 6) is -1.61. The summed E-state index contributed by atoms with van der Waals surface area (Å²) in [5.41, 5.74) is 5.24. The SMILES string of the molecule is CC(C)C(=N)C(=O)N(C(N)=S)c1cc(OC2CCCC2)c(Cl)cc1F. The molecule has 5 nitrogen and oxygen atoms in total. The third-order valence-electron chi connectivity index (χ3n) is 4.07. The Morgan fingerprint density at radius 1 is 1.44 bits per heavy atom. The van der Waals surface area contributed by atoms with Gasteiger partial charge in [0.2, 0.25) is 0 Å². The molecule has 0 atom stereocenters. The summed E-state index contributed by atoms with van der Waals surface area (Å²) < 4.78 is 20.3. The third-order valence-corrected chi connectivity index (χ3v) is 4.55. The predicted molar refractivity (Wildman–Crippen MR) is 101 cm³/mol. The fourth-order valence-corrected chi connectivity index (χ4v) is 3.04. The van der Waals surface area contributed by atoms with Gasteiger partial charge < -0.3 is 10.5 Å². The molecule has 1 aromatic rings. The van der Waals surface area contributed by atoms with Gasteiger partial charge in [-0.1, -0.05) is 25.4 Å². The zero-order chi connectivity index (χ0) is 18.7. The van der Waals surface area contributed by atoms with Gasteiger partial charge in [-0.25, -0.2) is 9.29 Å². The first-order valence-electron chi connectivity index (χ1n) is 8.10. The summed E-state index contributed by atoms with van der Waals surface area (Å²) in [5, 5.41) is 7.65. The van der Waals surface area contributed by atoms with Crippen molar-refractivity contribution in [3.05, 3.63) is 23.0 Å². The summed E-state index contributed by atoms with van der Waals surface area (Å²) in [6.45, 7) is 3.37. The van der Waals surface area contributed by atoms with Crippen LogP contribution < -0.4 is 15.4 Å². The second kappa shape index (κ2) is 8.10. The Kier molecular flexibility index (Phi) is 6.35. The van der Waals surface area contributed by atoms with Crippen molar-refractivity contribution < 1.29 is 13.9 Å². The van der Waals surface area contributed by atoms with E-state index >= 15 is 0 Å². The minimum absolute atomic E-state index is 0.0127. The largest absolute Gasteiger partial charge is 0.489 e. The number of hydrogen-bond acceptors (Lipinski definition) is 4. The van der Waals surface area contributed by atoms with E-state index in [2.05, 4.69) is 0 Å². The highest BCUT2D eigenvalue weighted by Gasteiger charge is 2.28. The smallest absolute Gasteiger partial charge is 0.278 e. The average Bonchev–Trinajstić information content (AvgIpc) is 3.03. The molecule has 1 fully saturated rings. The van der Waals surface area contributed by atoms with Crippen molar-refractivity contribution >= 4 is 46.2 Å². The number of amides is 1. The number of carbonyl (C=O) groups excluding carboxylic acids is 1. The Labute approximate surface area is 156 Å². The van der Waals surface area contributed by atoms with Crippen LogP contribution in [0.2, 0.25) is 5.02 Å². The van der Waals surface area contributed by atoms with E-state index in [4.69, 9.17) is 39.7 Å². The summed E-state index contributed by atoms with van der Waals surface area (Å²) in [6, 6.07) is 2.39. The molecule has 136 valence electrons. The molecule has 1 saturated carbocycles. The van der Waals surface area contributed by atoms with E-state index in [1.165, 1.54) is 6.07 Å². The summed E-state index contributed by atoms with van der Waals surface area (Å²) in [7, 11) is 0. The zero-order valence-corrected chi connectivity index (χ0v) is 15.7. The van der Waals surface area contributed by atoms with Gasteiger partial charge in [-0.2, -0.15) is 0 Å². The van der Waals surface area contributed by atoms with Crippen LogP contribution in [0.5, 0.6) is 5.75 Å². The van der Waals surface area contributed by atoms with Crippen LogP contribution in [0.25, 0.3) is 0 Å². The number of nitrogens with two attached hydrogens (primary N) is 1. The molecule has 1 aromatic carbocycles. The zero-order valence-electron chi connectivity index (χ0n) is 14.1. The maximum absolute atomic E-state index is 14.5. The Morgan fingerprint density at radius 2 is 2.04 bits per heavy atom. The van der Waals surface area contributed by atoms with Crippen molar-refractivity contribution in [2.24, 2.45) is 11.7 Å². The Bertz CT molecular complexity index is 705. The molecule has 1 aliphatic carbocycles. The van der Waals surface area contributed by atoms with Crippen molar-refractivity contribution in [2.45, 2.75) is 45.6 Å². The maximum Gasteiger partial charge on any atom is 0.278 e. The van der Waals surface area contributed by atoms with Crippen molar-refractivity contribution in [2.75, 3.05) is 4.90 Å². The van der Waals surface area contributed by atoms with Gasteiger partial charge in [0.05, 0.1) is 22.5 Å². The number of hydrogen-bond donors (Lipinski definition) is 2. The quantitative estimate of drug-likeness (QED) is 0.591. The number of anilines is 1. The van der Waals surface area contributed by atoms with E-state index in [-0.39, 0.29) is 39.3 Å². The molecule has 0 radical (unpaired) electrons. The van der Waals surface area contributed by atoms with Crippen LogP contribution in [0.15, 0.2) is 12.1 Å². The number of rotatable bonds is 5. The molecule has 25 heavy (non-hydrogen) atoms. The summed E-state index contributed by atoms with van der Waals surface area (Å²) in [6.07, 6.45) is 3.95. The predicted octanol–water partition coefficient (Wildman–Crippen LogP) is 4.05. The third kappa shape index (κ3) is 4.46. The first kappa shape index (κ1) is 19.6. The standard InChI is InChI=1S/C17H21ClFN3O2S/c1-9(2)15(20)16(23)22(17(21)25)13-8-14(11(18)7-12(13)19)24-10-5-3-4-6-10/h7-10,20H,3-6H2,1-2H3,(H2,21,25). The lowest BCUT2D eigenvalue weighted by Crippen LogP contribution is -2.45. The Balaban J connectivity index is 2.41. The second-order valence-electron chi connectivity index (χ2n) is 6.31. The van der Waals surface area contributed by atoms with Crippen LogP contribution >= 0.6 is 23.8 Å². The Morgan fingerprint density at radius 3 is 2.56 bits per heavy atom. The first-order valence-corrected chi connectivity index (χ1v) is 8.89. The Hall–Kier alpha value is -1.73. The van der Waals surface area contributed by atoms with E-state index < -0.39 is 11.7 Å². The van der Waals surface area contributed by atoms with E-state index in [1.54, 1.807) is 13.8 Å². The number of halogens is 2. The molecule has 0 bridgehead atoms. The van der Waals surface area contributed by atoms with Gasteiger partial charge in [-0.3, -0.25) is 10.2 Å². The van der Waals surface area contributed by atoms with E-state index in [9.17, 15) is 9.18 Å². The van der Waals surface area contributed by atoms with Gasteiger partial charge in [0.25, 0.3) is 5.91 Å². The van der Waals surface area contributed by atoms with Gasteiger partial charge in [0, 0.05) is 12.0 Å². The number of ether oxygens (including phenoxy) is 1. The molecule has 0 saturated heterocycles.